The molecule has 2 saturated heterocycles. The summed E-state index contributed by atoms with van der Waals surface area (Å²) in [5, 5.41) is 9.11. The van der Waals surface area contributed by atoms with Gasteiger partial charge in [0.1, 0.15) is 17.7 Å². The number of hydrazine groups is 1. The number of carbonyl (C=O) groups is 4. The molecule has 194 valence electrons. The Morgan fingerprint density at radius 1 is 1.17 bits per heavy atom. The van der Waals surface area contributed by atoms with E-state index in [4.69, 9.17) is 4.74 Å². The van der Waals surface area contributed by atoms with Gasteiger partial charge in [0, 0.05) is 25.1 Å². The summed E-state index contributed by atoms with van der Waals surface area (Å²) in [6.07, 6.45) is 4.83. The van der Waals surface area contributed by atoms with Crippen molar-refractivity contribution in [2.75, 3.05) is 13.1 Å². The number of nitrogens with one attached hydrogen (secondary N) is 2. The molecule has 36 heavy (non-hydrogen) atoms. The Labute approximate surface area is 212 Å². The summed E-state index contributed by atoms with van der Waals surface area (Å²) in [6.45, 7) is 6.71. The maximum absolute atomic E-state index is 13.6. The van der Waals surface area contributed by atoms with Crippen LogP contribution in [-0.2, 0) is 30.3 Å². The van der Waals surface area contributed by atoms with Gasteiger partial charge in [-0.3, -0.25) is 24.2 Å². The van der Waals surface area contributed by atoms with E-state index in [1.165, 1.54) is 5.01 Å². The molecule has 1 aliphatic carbocycles. The molecule has 2 aliphatic heterocycles. The van der Waals surface area contributed by atoms with Crippen LogP contribution >= 0.6 is 0 Å². The fourth-order valence-electron chi connectivity index (χ4n) is 4.82. The molecule has 0 bridgehead atoms. The third-order valence-corrected chi connectivity index (χ3v) is 7.15. The van der Waals surface area contributed by atoms with Gasteiger partial charge in [0.2, 0.25) is 11.8 Å². The van der Waals surface area contributed by atoms with E-state index in [1.807, 2.05) is 30.3 Å². The monoisotopic (exact) mass is 496 g/mol. The van der Waals surface area contributed by atoms with Gasteiger partial charge in [0.05, 0.1) is 6.54 Å². The minimum absolute atomic E-state index is 0.192. The number of aryl methyl sites for hydroxylation is 1. The molecule has 1 aromatic carbocycles. The summed E-state index contributed by atoms with van der Waals surface area (Å²) < 4.78 is 5.51. The Kier molecular flexibility index (Phi) is 7.96. The first-order chi connectivity index (χ1) is 17.3. The highest BCUT2D eigenvalue weighted by molar-refractivity contribution is 5.92. The fourth-order valence-corrected chi connectivity index (χ4v) is 4.82. The SMILES string of the molecule is C=C1CC[C@H](NC(=O)CCc2ccccc2)C(=O)N2[C@H](C(=O)NCC3(OC(=O)CC)CC3)CCCN12. The van der Waals surface area contributed by atoms with Gasteiger partial charge in [0.25, 0.3) is 5.91 Å². The first-order valence-electron chi connectivity index (χ1n) is 12.9. The highest BCUT2D eigenvalue weighted by Crippen LogP contribution is 2.39. The molecule has 9 heteroatoms. The lowest BCUT2D eigenvalue weighted by Crippen LogP contribution is -2.62. The van der Waals surface area contributed by atoms with Crippen LogP contribution in [0.25, 0.3) is 0 Å². The molecule has 0 radical (unpaired) electrons. The van der Waals surface area contributed by atoms with E-state index in [2.05, 4.69) is 17.2 Å². The molecule has 3 aliphatic rings. The summed E-state index contributed by atoms with van der Waals surface area (Å²) >= 11 is 0. The van der Waals surface area contributed by atoms with Gasteiger partial charge in [0.15, 0.2) is 0 Å². The third-order valence-electron chi connectivity index (χ3n) is 7.15. The number of rotatable bonds is 9. The molecular formula is C27H36N4O5. The average Bonchev–Trinajstić information content (AvgIpc) is 3.68. The van der Waals surface area contributed by atoms with Crippen molar-refractivity contribution in [2.45, 2.75) is 82.4 Å². The predicted molar refractivity (Wildman–Crippen MR) is 133 cm³/mol. The summed E-state index contributed by atoms with van der Waals surface area (Å²) in [5.41, 5.74) is 1.20. The normalized spacial score (nSPS) is 22.8. The second-order valence-electron chi connectivity index (χ2n) is 9.90. The van der Waals surface area contributed by atoms with Crippen LogP contribution in [0.3, 0.4) is 0 Å². The van der Waals surface area contributed by atoms with Gasteiger partial charge in [-0.25, -0.2) is 5.01 Å². The average molecular weight is 497 g/mol. The zero-order valence-electron chi connectivity index (χ0n) is 21.0. The van der Waals surface area contributed by atoms with Crippen molar-refractivity contribution in [3.63, 3.8) is 0 Å². The Bertz CT molecular complexity index is 1010. The van der Waals surface area contributed by atoms with Crippen LogP contribution in [0.1, 0.15) is 63.9 Å². The van der Waals surface area contributed by atoms with Gasteiger partial charge in [-0.15, -0.1) is 0 Å². The number of esters is 1. The van der Waals surface area contributed by atoms with Crippen molar-refractivity contribution < 1.29 is 23.9 Å². The van der Waals surface area contributed by atoms with E-state index >= 15 is 0 Å². The molecule has 2 atom stereocenters. The van der Waals surface area contributed by atoms with Crippen molar-refractivity contribution in [1.29, 1.82) is 0 Å². The molecule has 0 aromatic heterocycles. The molecule has 3 fully saturated rings. The van der Waals surface area contributed by atoms with Crippen molar-refractivity contribution in [1.82, 2.24) is 20.7 Å². The molecule has 2 heterocycles. The van der Waals surface area contributed by atoms with Crippen molar-refractivity contribution in [3.05, 3.63) is 48.2 Å². The summed E-state index contributed by atoms with van der Waals surface area (Å²) in [4.78, 5) is 51.3. The number of amides is 3. The summed E-state index contributed by atoms with van der Waals surface area (Å²) in [7, 11) is 0. The van der Waals surface area contributed by atoms with Gasteiger partial charge < -0.3 is 15.4 Å². The summed E-state index contributed by atoms with van der Waals surface area (Å²) in [5.74, 6) is -1.05. The van der Waals surface area contributed by atoms with Crippen LogP contribution < -0.4 is 10.6 Å². The number of ether oxygens (including phenoxy) is 1. The molecule has 3 amide bonds. The van der Waals surface area contributed by atoms with Crippen LogP contribution in [0.15, 0.2) is 42.6 Å². The highest BCUT2D eigenvalue weighted by Gasteiger charge is 2.48. The standard InChI is InChI=1S/C27H36N4O5/c1-3-24(33)36-27(15-16-27)18-28-25(34)22-10-7-17-30-19(2)11-13-21(26(35)31(22)30)29-23(32)14-12-20-8-5-4-6-9-20/h4-6,8-9,21-22H,2-3,7,10-18H2,1H3,(H,28,34)(H,29,32)/t21-,22-/m0/s1. The second kappa shape index (κ2) is 11.1. The number of allylic oxidation sites excluding steroid dienone is 1. The number of benzene rings is 1. The maximum Gasteiger partial charge on any atom is 0.306 e. The molecule has 4 rings (SSSR count). The van der Waals surface area contributed by atoms with Gasteiger partial charge in [-0.1, -0.05) is 43.8 Å². The number of fused-ring (bicyclic) bond motifs is 1. The van der Waals surface area contributed by atoms with E-state index in [9.17, 15) is 19.2 Å². The van der Waals surface area contributed by atoms with Crippen LogP contribution in [0.5, 0.6) is 0 Å². The molecular weight excluding hydrogens is 460 g/mol. The van der Waals surface area contributed by atoms with Gasteiger partial charge >= 0.3 is 5.97 Å². The first-order valence-corrected chi connectivity index (χ1v) is 12.9. The molecule has 1 aromatic rings. The van der Waals surface area contributed by atoms with E-state index in [0.29, 0.717) is 45.1 Å². The Morgan fingerprint density at radius 2 is 1.92 bits per heavy atom. The van der Waals surface area contributed by atoms with Gasteiger partial charge in [-0.2, -0.15) is 0 Å². The number of hydrogen-bond acceptors (Lipinski definition) is 6. The first kappa shape index (κ1) is 25.7. The third kappa shape index (κ3) is 6.06. The van der Waals surface area contributed by atoms with Crippen LogP contribution in [-0.4, -0.2) is 64.5 Å². The lowest BCUT2D eigenvalue weighted by Gasteiger charge is -2.44. The smallest absolute Gasteiger partial charge is 0.306 e. The van der Waals surface area contributed by atoms with Crippen molar-refractivity contribution >= 4 is 23.7 Å². The van der Waals surface area contributed by atoms with E-state index in [-0.39, 0.29) is 43.1 Å². The van der Waals surface area contributed by atoms with Crippen LogP contribution in [0.4, 0.5) is 0 Å². The van der Waals surface area contributed by atoms with Crippen LogP contribution in [0, 0.1) is 0 Å². The predicted octanol–water partition coefficient (Wildman–Crippen LogP) is 2.22. The Morgan fingerprint density at radius 3 is 2.61 bits per heavy atom. The quantitative estimate of drug-likeness (QED) is 0.508. The lowest BCUT2D eigenvalue weighted by atomic mass is 10.1. The minimum Gasteiger partial charge on any atom is -0.457 e. The highest BCUT2D eigenvalue weighted by atomic mass is 16.6. The fraction of sp³-hybridized carbons (Fsp3) is 0.556. The molecule has 1 saturated carbocycles. The number of hydrogen-bond donors (Lipinski definition) is 2. The topological polar surface area (TPSA) is 108 Å². The Balaban J connectivity index is 1.40. The molecule has 0 spiro atoms. The van der Waals surface area contributed by atoms with Crippen molar-refractivity contribution in [2.24, 2.45) is 0 Å². The van der Waals surface area contributed by atoms with E-state index < -0.39 is 17.7 Å². The molecule has 0 unspecified atom stereocenters. The number of carbonyl (C=O) groups excluding carboxylic acids is 4. The summed E-state index contributed by atoms with van der Waals surface area (Å²) in [6, 6.07) is 8.31. The van der Waals surface area contributed by atoms with Crippen molar-refractivity contribution in [3.8, 4) is 0 Å². The van der Waals surface area contributed by atoms with E-state index in [1.54, 1.807) is 11.9 Å². The second-order valence-corrected chi connectivity index (χ2v) is 9.90. The zero-order valence-corrected chi connectivity index (χ0v) is 21.0. The largest absolute Gasteiger partial charge is 0.457 e. The van der Waals surface area contributed by atoms with Gasteiger partial charge in [-0.05, 0) is 50.5 Å². The van der Waals surface area contributed by atoms with Crippen LogP contribution in [0.2, 0.25) is 0 Å². The maximum atomic E-state index is 13.6. The zero-order chi connectivity index (χ0) is 25.7. The lowest BCUT2D eigenvalue weighted by molar-refractivity contribution is -0.164. The minimum atomic E-state index is -0.719. The molecule has 2 N–H and O–H groups in total. The number of nitrogens with zero attached hydrogens (tertiary/aromatic N) is 2. The van der Waals surface area contributed by atoms with E-state index in [0.717, 1.165) is 17.7 Å². The Hall–Kier alpha value is -3.36. The molecule has 9 nitrogen and oxygen atoms in total.